The van der Waals surface area contributed by atoms with Crippen LogP contribution >= 0.6 is 0 Å². The summed E-state index contributed by atoms with van der Waals surface area (Å²) in [6.07, 6.45) is 4.15. The first kappa shape index (κ1) is 18.9. The average Bonchev–Trinajstić information content (AvgIpc) is 2.46. The van der Waals surface area contributed by atoms with E-state index in [4.69, 9.17) is 4.74 Å². The normalized spacial score (nSPS) is 12.2. The number of hydrogen-bond donors (Lipinski definition) is 1. The molecule has 0 saturated heterocycles. The largest absolute Gasteiger partial charge is 0.507 e. The minimum Gasteiger partial charge on any atom is -0.507 e. The van der Waals surface area contributed by atoms with E-state index in [9.17, 15) is 20.0 Å². The number of nitro benzene ring substituents is 1. The molecule has 1 rings (SSSR count). The van der Waals surface area contributed by atoms with E-state index in [1.54, 1.807) is 0 Å². The van der Waals surface area contributed by atoms with Gasteiger partial charge in [-0.3, -0.25) is 10.1 Å². The molecular weight excluding hydrogens is 298 g/mol. The molecule has 0 aliphatic carbocycles. The van der Waals surface area contributed by atoms with Gasteiger partial charge in [0.1, 0.15) is 11.3 Å². The molecule has 1 aromatic rings. The van der Waals surface area contributed by atoms with Crippen molar-refractivity contribution in [3.63, 3.8) is 0 Å². The fourth-order valence-electron chi connectivity index (χ4n) is 2.25. The van der Waals surface area contributed by atoms with Gasteiger partial charge < -0.3 is 9.84 Å². The van der Waals surface area contributed by atoms with Gasteiger partial charge in [0.15, 0.2) is 0 Å². The molecule has 0 aromatic heterocycles. The third-order valence-corrected chi connectivity index (χ3v) is 3.73. The van der Waals surface area contributed by atoms with Crippen LogP contribution in [-0.2, 0) is 4.74 Å². The summed E-state index contributed by atoms with van der Waals surface area (Å²) in [6.45, 7) is 6.73. The summed E-state index contributed by atoms with van der Waals surface area (Å²) in [5.41, 5.74) is -0.427. The van der Waals surface area contributed by atoms with Gasteiger partial charge >= 0.3 is 5.97 Å². The van der Waals surface area contributed by atoms with Gasteiger partial charge in [0.05, 0.1) is 11.5 Å². The molecule has 1 atom stereocenters. The van der Waals surface area contributed by atoms with E-state index >= 15 is 0 Å². The number of esters is 1. The summed E-state index contributed by atoms with van der Waals surface area (Å²) < 4.78 is 5.12. The Morgan fingerprint density at radius 1 is 1.26 bits per heavy atom. The highest BCUT2D eigenvalue weighted by molar-refractivity contribution is 5.93. The van der Waals surface area contributed by atoms with Crippen LogP contribution < -0.4 is 0 Å². The van der Waals surface area contributed by atoms with Gasteiger partial charge in [0, 0.05) is 12.1 Å². The van der Waals surface area contributed by atoms with E-state index in [2.05, 4.69) is 20.8 Å². The summed E-state index contributed by atoms with van der Waals surface area (Å²) in [5, 5.41) is 20.4. The number of nitro groups is 1. The van der Waals surface area contributed by atoms with E-state index in [0.717, 1.165) is 37.5 Å². The predicted molar refractivity (Wildman–Crippen MR) is 87.5 cm³/mol. The highest BCUT2D eigenvalue weighted by Gasteiger charge is 2.18. The molecule has 0 aliphatic rings. The molecule has 0 spiro atoms. The van der Waals surface area contributed by atoms with Crippen molar-refractivity contribution in [2.24, 2.45) is 11.8 Å². The molecule has 1 aromatic carbocycles. The van der Waals surface area contributed by atoms with Crippen LogP contribution in [0.5, 0.6) is 5.75 Å². The molecule has 0 radical (unpaired) electrons. The van der Waals surface area contributed by atoms with Gasteiger partial charge in [0.25, 0.3) is 5.69 Å². The number of nitrogens with zero attached hydrogens (tertiary/aromatic N) is 1. The molecule has 1 N–H and O–H groups in total. The van der Waals surface area contributed by atoms with Crippen molar-refractivity contribution in [1.82, 2.24) is 0 Å². The average molecular weight is 323 g/mol. The number of benzene rings is 1. The maximum absolute atomic E-state index is 11.9. The van der Waals surface area contributed by atoms with Crippen LogP contribution in [0, 0.1) is 22.0 Å². The van der Waals surface area contributed by atoms with Crippen LogP contribution in [0.2, 0.25) is 0 Å². The van der Waals surface area contributed by atoms with E-state index in [-0.39, 0.29) is 23.6 Å². The number of phenols is 1. The number of non-ortho nitro benzene ring substituents is 1. The van der Waals surface area contributed by atoms with Crippen molar-refractivity contribution in [3.05, 3.63) is 33.9 Å². The van der Waals surface area contributed by atoms with Crippen molar-refractivity contribution in [3.8, 4) is 5.75 Å². The number of phenolic OH excluding ortho intramolecular Hbond substituents is 1. The summed E-state index contributed by atoms with van der Waals surface area (Å²) in [6, 6.07) is 3.30. The monoisotopic (exact) mass is 323 g/mol. The van der Waals surface area contributed by atoms with Crippen molar-refractivity contribution < 1.29 is 19.6 Å². The standard InChI is InChI=1S/C17H25NO5/c1-12(2)5-4-6-13(3)9-10-23-17(20)15-11-14(18(21)22)7-8-16(15)19/h7-8,11-13,19H,4-6,9-10H2,1-3H3. The van der Waals surface area contributed by atoms with E-state index in [1.807, 2.05) is 0 Å². The van der Waals surface area contributed by atoms with E-state index < -0.39 is 10.9 Å². The first-order valence-electron chi connectivity index (χ1n) is 7.95. The molecule has 128 valence electrons. The van der Waals surface area contributed by atoms with Crippen LogP contribution in [0.15, 0.2) is 18.2 Å². The van der Waals surface area contributed by atoms with Crippen molar-refractivity contribution in [2.45, 2.75) is 46.5 Å². The van der Waals surface area contributed by atoms with Gasteiger partial charge in [-0.2, -0.15) is 0 Å². The molecule has 0 bridgehead atoms. The Morgan fingerprint density at radius 3 is 2.57 bits per heavy atom. The molecule has 6 heteroatoms. The third-order valence-electron chi connectivity index (χ3n) is 3.73. The summed E-state index contributed by atoms with van der Waals surface area (Å²) in [7, 11) is 0. The molecular formula is C17H25NO5. The fraction of sp³-hybridized carbons (Fsp3) is 0.588. The van der Waals surface area contributed by atoms with Gasteiger partial charge in [-0.05, 0) is 24.3 Å². The number of hydrogen-bond acceptors (Lipinski definition) is 5. The number of ether oxygens (including phenoxy) is 1. The first-order valence-corrected chi connectivity index (χ1v) is 7.95. The van der Waals surface area contributed by atoms with Gasteiger partial charge in [-0.1, -0.05) is 40.0 Å². The van der Waals surface area contributed by atoms with Crippen LogP contribution in [0.1, 0.15) is 56.8 Å². The number of aromatic hydroxyl groups is 1. The molecule has 1 unspecified atom stereocenters. The lowest BCUT2D eigenvalue weighted by Crippen LogP contribution is -2.10. The number of rotatable bonds is 9. The number of carbonyl (C=O) groups excluding carboxylic acids is 1. The lowest BCUT2D eigenvalue weighted by molar-refractivity contribution is -0.384. The summed E-state index contributed by atoms with van der Waals surface area (Å²) in [4.78, 5) is 22.0. The Morgan fingerprint density at radius 2 is 1.96 bits per heavy atom. The Balaban J connectivity index is 2.45. The van der Waals surface area contributed by atoms with Gasteiger partial charge in [0.2, 0.25) is 0 Å². The Hall–Kier alpha value is -2.11. The highest BCUT2D eigenvalue weighted by atomic mass is 16.6. The quantitative estimate of drug-likeness (QED) is 0.415. The van der Waals surface area contributed by atoms with Crippen molar-refractivity contribution in [1.29, 1.82) is 0 Å². The Kier molecular flexibility index (Phi) is 7.51. The lowest BCUT2D eigenvalue weighted by Gasteiger charge is -2.12. The zero-order valence-electron chi connectivity index (χ0n) is 13.9. The third kappa shape index (κ3) is 6.67. The zero-order valence-corrected chi connectivity index (χ0v) is 13.9. The summed E-state index contributed by atoms with van der Waals surface area (Å²) >= 11 is 0. The van der Waals surface area contributed by atoms with Crippen molar-refractivity contribution >= 4 is 11.7 Å². The van der Waals surface area contributed by atoms with Crippen LogP contribution in [0.25, 0.3) is 0 Å². The maximum atomic E-state index is 11.9. The molecule has 0 saturated carbocycles. The van der Waals surface area contributed by atoms with E-state index in [1.165, 1.54) is 6.42 Å². The van der Waals surface area contributed by atoms with E-state index in [0.29, 0.717) is 11.8 Å². The van der Waals surface area contributed by atoms with Crippen LogP contribution in [-0.4, -0.2) is 22.6 Å². The SMILES string of the molecule is CC(C)CCCC(C)CCOC(=O)c1cc([N+](=O)[O-])ccc1O. The zero-order chi connectivity index (χ0) is 17.4. The Labute approximate surface area is 136 Å². The Bertz CT molecular complexity index is 542. The second kappa shape index (κ2) is 9.12. The molecule has 0 amide bonds. The maximum Gasteiger partial charge on any atom is 0.342 e. The second-order valence-electron chi connectivity index (χ2n) is 6.31. The minimum atomic E-state index is -0.736. The van der Waals surface area contributed by atoms with Gasteiger partial charge in [-0.15, -0.1) is 0 Å². The highest BCUT2D eigenvalue weighted by Crippen LogP contribution is 2.24. The smallest absolute Gasteiger partial charge is 0.342 e. The predicted octanol–water partition coefficient (Wildman–Crippen LogP) is 4.31. The van der Waals surface area contributed by atoms with Crippen LogP contribution in [0.3, 0.4) is 0 Å². The second-order valence-corrected chi connectivity index (χ2v) is 6.31. The molecule has 0 fully saturated rings. The molecule has 23 heavy (non-hydrogen) atoms. The molecule has 0 aliphatic heterocycles. The fourth-order valence-corrected chi connectivity index (χ4v) is 2.25. The molecule has 0 heterocycles. The van der Waals surface area contributed by atoms with Crippen molar-refractivity contribution in [2.75, 3.05) is 6.61 Å². The van der Waals surface area contributed by atoms with Crippen LogP contribution in [0.4, 0.5) is 5.69 Å². The first-order chi connectivity index (χ1) is 10.8. The van der Waals surface area contributed by atoms with Gasteiger partial charge in [-0.25, -0.2) is 4.79 Å². The molecule has 6 nitrogen and oxygen atoms in total. The minimum absolute atomic E-state index is 0.174. The topological polar surface area (TPSA) is 89.7 Å². The lowest BCUT2D eigenvalue weighted by atomic mass is 9.98. The number of carbonyl (C=O) groups is 1. The summed E-state index contributed by atoms with van der Waals surface area (Å²) in [5.74, 6) is 0.0864.